The Hall–Kier alpha value is -3.26. The molecule has 2 heterocycles. The minimum atomic E-state index is -0.559. The lowest BCUT2D eigenvalue weighted by Gasteiger charge is -2.31. The number of nitrogens with one attached hydrogen (secondary N) is 1. The molecule has 0 radical (unpaired) electrons. The van der Waals surface area contributed by atoms with Gasteiger partial charge < -0.3 is 14.7 Å². The van der Waals surface area contributed by atoms with Gasteiger partial charge in [0.25, 0.3) is 5.91 Å². The zero-order valence-corrected chi connectivity index (χ0v) is 18.2. The van der Waals surface area contributed by atoms with E-state index in [0.29, 0.717) is 42.5 Å². The summed E-state index contributed by atoms with van der Waals surface area (Å²) < 4.78 is 18.9. The number of nitrogens with zero attached hydrogens (tertiary/aromatic N) is 3. The summed E-state index contributed by atoms with van der Waals surface area (Å²) in [6, 6.07) is 11.2. The number of piperidine rings is 1. The zero-order valence-electron chi connectivity index (χ0n) is 17.5. The number of halogens is 2. The summed E-state index contributed by atoms with van der Waals surface area (Å²) in [5, 5.41) is 6.82. The Morgan fingerprint density at radius 3 is 2.91 bits per heavy atom. The number of carbonyl (C=O) groups excluding carboxylic acids is 2. The monoisotopic (exact) mass is 456 g/mol. The summed E-state index contributed by atoms with van der Waals surface area (Å²) in [6.07, 6.45) is 1.97. The number of aromatic nitrogens is 2. The molecule has 1 aromatic heterocycles. The van der Waals surface area contributed by atoms with Crippen LogP contribution in [0.15, 0.2) is 47.0 Å². The number of likely N-dealkylation sites (tertiary alicyclic amines) is 1. The Labute approximate surface area is 189 Å². The van der Waals surface area contributed by atoms with Crippen LogP contribution in [-0.2, 0) is 4.79 Å². The van der Waals surface area contributed by atoms with Gasteiger partial charge in [-0.15, -0.1) is 0 Å². The minimum absolute atomic E-state index is 0.0784. The number of hydrogen-bond acceptors (Lipinski definition) is 5. The molecule has 0 saturated carbocycles. The van der Waals surface area contributed by atoms with E-state index >= 15 is 0 Å². The van der Waals surface area contributed by atoms with Crippen LogP contribution >= 0.6 is 11.6 Å². The van der Waals surface area contributed by atoms with Crippen molar-refractivity contribution in [2.45, 2.75) is 32.1 Å². The Morgan fingerprint density at radius 2 is 2.12 bits per heavy atom. The highest BCUT2D eigenvalue weighted by molar-refractivity contribution is 6.31. The van der Waals surface area contributed by atoms with Crippen LogP contribution in [-0.4, -0.2) is 39.9 Å². The first kappa shape index (κ1) is 22.0. The van der Waals surface area contributed by atoms with Crippen molar-refractivity contribution in [2.24, 2.45) is 0 Å². The third-order valence-corrected chi connectivity index (χ3v) is 5.68. The van der Waals surface area contributed by atoms with E-state index in [1.54, 1.807) is 24.0 Å². The van der Waals surface area contributed by atoms with Gasteiger partial charge in [-0.05, 0) is 43.2 Å². The molecule has 0 unspecified atom stereocenters. The summed E-state index contributed by atoms with van der Waals surface area (Å²) in [6.45, 7) is 2.79. The van der Waals surface area contributed by atoms with Gasteiger partial charge in [-0.2, -0.15) is 4.98 Å². The maximum Gasteiger partial charge on any atom is 0.253 e. The van der Waals surface area contributed by atoms with Crippen LogP contribution in [0.1, 0.15) is 48.4 Å². The zero-order chi connectivity index (χ0) is 22.7. The first-order chi connectivity index (χ1) is 15.4. The SMILES string of the molecule is CCC(=O)Nc1cccc(-c2noc([C@H]3CCCN(C(=O)c4ccc(F)c(Cl)c4)C3)n2)c1. The molecule has 9 heteroatoms. The number of anilines is 1. The highest BCUT2D eigenvalue weighted by Crippen LogP contribution is 2.29. The molecule has 32 heavy (non-hydrogen) atoms. The summed E-state index contributed by atoms with van der Waals surface area (Å²) in [5.74, 6) is -0.0793. The molecule has 1 N–H and O–H groups in total. The van der Waals surface area contributed by atoms with E-state index in [1.807, 2.05) is 12.1 Å². The Kier molecular flexibility index (Phi) is 6.50. The average Bonchev–Trinajstić information content (AvgIpc) is 3.31. The molecule has 7 nitrogen and oxygen atoms in total. The first-order valence-electron chi connectivity index (χ1n) is 10.4. The molecular formula is C23H22ClFN4O3. The summed E-state index contributed by atoms with van der Waals surface area (Å²) >= 11 is 5.83. The maximum atomic E-state index is 13.4. The summed E-state index contributed by atoms with van der Waals surface area (Å²) in [5.41, 5.74) is 1.72. The number of hydrogen-bond donors (Lipinski definition) is 1. The molecule has 2 amide bonds. The number of rotatable bonds is 5. The van der Waals surface area contributed by atoms with Crippen LogP contribution in [0.5, 0.6) is 0 Å². The Morgan fingerprint density at radius 1 is 1.28 bits per heavy atom. The third kappa shape index (κ3) is 4.80. The second-order valence-corrected chi connectivity index (χ2v) is 8.07. The van der Waals surface area contributed by atoms with E-state index in [1.165, 1.54) is 18.2 Å². The predicted octanol–water partition coefficient (Wildman–Crippen LogP) is 4.90. The fraction of sp³-hybridized carbons (Fsp3) is 0.304. The summed E-state index contributed by atoms with van der Waals surface area (Å²) in [7, 11) is 0. The van der Waals surface area contributed by atoms with Crippen molar-refractivity contribution in [3.8, 4) is 11.4 Å². The predicted molar refractivity (Wildman–Crippen MR) is 118 cm³/mol. The van der Waals surface area contributed by atoms with E-state index in [9.17, 15) is 14.0 Å². The number of benzene rings is 2. The molecule has 166 valence electrons. The van der Waals surface area contributed by atoms with Gasteiger partial charge in [0, 0.05) is 36.3 Å². The van der Waals surface area contributed by atoms with Crippen LogP contribution in [0.25, 0.3) is 11.4 Å². The first-order valence-corrected chi connectivity index (χ1v) is 10.8. The molecule has 2 aromatic carbocycles. The van der Waals surface area contributed by atoms with Crippen LogP contribution in [0.4, 0.5) is 10.1 Å². The largest absolute Gasteiger partial charge is 0.339 e. The van der Waals surface area contributed by atoms with E-state index in [4.69, 9.17) is 16.1 Å². The van der Waals surface area contributed by atoms with E-state index < -0.39 is 5.82 Å². The van der Waals surface area contributed by atoms with Crippen molar-refractivity contribution in [2.75, 3.05) is 18.4 Å². The highest BCUT2D eigenvalue weighted by atomic mass is 35.5. The van der Waals surface area contributed by atoms with Crippen LogP contribution in [0.3, 0.4) is 0 Å². The average molecular weight is 457 g/mol. The molecule has 0 spiro atoms. The lowest BCUT2D eigenvalue weighted by molar-refractivity contribution is -0.115. The molecule has 1 saturated heterocycles. The highest BCUT2D eigenvalue weighted by Gasteiger charge is 2.29. The standard InChI is InChI=1S/C23H22ClFN4O3/c1-2-20(30)26-17-7-3-5-14(11-17)21-27-22(32-28-21)16-6-4-10-29(13-16)23(31)15-8-9-19(25)18(24)12-15/h3,5,7-9,11-12,16H,2,4,6,10,13H2,1H3,(H,26,30)/t16-/m0/s1. The van der Waals surface area contributed by atoms with Crippen LogP contribution in [0, 0.1) is 5.82 Å². The van der Waals surface area contributed by atoms with Crippen molar-refractivity contribution in [3.05, 3.63) is 64.8 Å². The van der Waals surface area contributed by atoms with E-state index in [-0.39, 0.29) is 22.8 Å². The van der Waals surface area contributed by atoms with Crippen LogP contribution < -0.4 is 5.32 Å². The van der Waals surface area contributed by atoms with Crippen molar-refractivity contribution in [1.82, 2.24) is 15.0 Å². The van der Waals surface area contributed by atoms with Crippen molar-refractivity contribution >= 4 is 29.1 Å². The quantitative estimate of drug-likeness (QED) is 0.590. The molecular weight excluding hydrogens is 435 g/mol. The van der Waals surface area contributed by atoms with Gasteiger partial charge in [-0.1, -0.05) is 35.8 Å². The molecule has 3 aromatic rings. The lowest BCUT2D eigenvalue weighted by atomic mass is 9.97. The van der Waals surface area contributed by atoms with Gasteiger partial charge in [0.1, 0.15) is 5.82 Å². The molecule has 1 atom stereocenters. The molecule has 4 rings (SSSR count). The second-order valence-electron chi connectivity index (χ2n) is 7.66. The minimum Gasteiger partial charge on any atom is -0.339 e. The van der Waals surface area contributed by atoms with Crippen molar-refractivity contribution in [3.63, 3.8) is 0 Å². The second kappa shape index (κ2) is 9.48. The van der Waals surface area contributed by atoms with Gasteiger partial charge >= 0.3 is 0 Å². The number of amides is 2. The third-order valence-electron chi connectivity index (χ3n) is 5.39. The normalized spacial score (nSPS) is 16.1. The fourth-order valence-corrected chi connectivity index (χ4v) is 3.86. The van der Waals surface area contributed by atoms with Crippen LogP contribution in [0.2, 0.25) is 5.02 Å². The van der Waals surface area contributed by atoms with Gasteiger partial charge in [0.2, 0.25) is 17.6 Å². The smallest absolute Gasteiger partial charge is 0.253 e. The summed E-state index contributed by atoms with van der Waals surface area (Å²) in [4.78, 5) is 30.7. The topological polar surface area (TPSA) is 88.3 Å². The Bertz CT molecular complexity index is 1150. The van der Waals surface area contributed by atoms with Gasteiger partial charge in [0.05, 0.1) is 10.9 Å². The van der Waals surface area contributed by atoms with Crippen molar-refractivity contribution in [1.29, 1.82) is 0 Å². The maximum absolute atomic E-state index is 13.4. The number of carbonyl (C=O) groups is 2. The molecule has 1 aliphatic heterocycles. The van der Waals surface area contributed by atoms with Gasteiger partial charge in [0.15, 0.2) is 0 Å². The molecule has 1 aliphatic rings. The Balaban J connectivity index is 1.48. The van der Waals surface area contributed by atoms with Crippen molar-refractivity contribution < 1.29 is 18.5 Å². The fourth-order valence-electron chi connectivity index (χ4n) is 3.68. The van der Waals surface area contributed by atoms with Gasteiger partial charge in [-0.25, -0.2) is 4.39 Å². The molecule has 0 aliphatic carbocycles. The molecule has 1 fully saturated rings. The van der Waals surface area contributed by atoms with E-state index in [2.05, 4.69) is 15.5 Å². The van der Waals surface area contributed by atoms with E-state index in [0.717, 1.165) is 18.4 Å². The van der Waals surface area contributed by atoms with Gasteiger partial charge in [-0.3, -0.25) is 9.59 Å². The molecule has 0 bridgehead atoms. The lowest BCUT2D eigenvalue weighted by Crippen LogP contribution is -2.39.